The van der Waals surface area contributed by atoms with Crippen LogP contribution >= 0.6 is 22.9 Å². The fourth-order valence-electron chi connectivity index (χ4n) is 2.36. The van der Waals surface area contributed by atoms with Gasteiger partial charge in [-0.15, -0.1) is 11.3 Å². The van der Waals surface area contributed by atoms with Gasteiger partial charge in [-0.25, -0.2) is 0 Å². The largest absolute Gasteiger partial charge is 0.497 e. The van der Waals surface area contributed by atoms with Gasteiger partial charge in [-0.2, -0.15) is 0 Å². The van der Waals surface area contributed by atoms with Crippen LogP contribution in [0.2, 0.25) is 5.02 Å². The summed E-state index contributed by atoms with van der Waals surface area (Å²) in [4.78, 5) is 13.0. The molecule has 0 aliphatic carbocycles. The van der Waals surface area contributed by atoms with E-state index in [1.54, 1.807) is 49.8 Å². The first-order valence-corrected chi connectivity index (χ1v) is 8.69. The minimum absolute atomic E-state index is 0.260. The standard InChI is InChI=1S/C19H16ClNO3S/c1-23-13-9-12(10-14(11-13)24-2)21-18(22)8-7-17-19(20)15-5-3-4-6-16(15)25-17/h3-11H,1-2H3,(H,21,22)/b8-7+. The highest BCUT2D eigenvalue weighted by molar-refractivity contribution is 7.20. The molecule has 0 fully saturated rings. The van der Waals surface area contributed by atoms with Crippen LogP contribution in [0.4, 0.5) is 5.69 Å². The Bertz CT molecular complexity index is 927. The number of fused-ring (bicyclic) bond motifs is 1. The molecular weight excluding hydrogens is 358 g/mol. The zero-order valence-electron chi connectivity index (χ0n) is 13.7. The molecule has 0 aliphatic rings. The number of nitrogens with one attached hydrogen (secondary N) is 1. The minimum Gasteiger partial charge on any atom is -0.497 e. The molecule has 4 nitrogen and oxygen atoms in total. The van der Waals surface area contributed by atoms with Gasteiger partial charge in [-0.05, 0) is 12.1 Å². The molecule has 0 saturated heterocycles. The number of halogens is 1. The van der Waals surface area contributed by atoms with E-state index in [2.05, 4.69) is 5.32 Å². The van der Waals surface area contributed by atoms with Crippen molar-refractivity contribution in [3.8, 4) is 11.5 Å². The van der Waals surface area contributed by atoms with E-state index < -0.39 is 0 Å². The molecule has 6 heteroatoms. The van der Waals surface area contributed by atoms with Crippen LogP contribution < -0.4 is 14.8 Å². The van der Waals surface area contributed by atoms with Crippen LogP contribution in [0.5, 0.6) is 11.5 Å². The smallest absolute Gasteiger partial charge is 0.248 e. The Morgan fingerprint density at radius 3 is 2.44 bits per heavy atom. The van der Waals surface area contributed by atoms with Crippen LogP contribution in [0, 0.1) is 0 Å². The van der Waals surface area contributed by atoms with Crippen molar-refractivity contribution in [3.63, 3.8) is 0 Å². The lowest BCUT2D eigenvalue weighted by Gasteiger charge is -2.08. The van der Waals surface area contributed by atoms with Gasteiger partial charge in [0.2, 0.25) is 5.91 Å². The molecule has 128 valence electrons. The van der Waals surface area contributed by atoms with Gasteiger partial charge < -0.3 is 14.8 Å². The number of carbonyl (C=O) groups is 1. The highest BCUT2D eigenvalue weighted by Crippen LogP contribution is 2.36. The van der Waals surface area contributed by atoms with E-state index in [4.69, 9.17) is 21.1 Å². The quantitative estimate of drug-likeness (QED) is 0.623. The molecule has 3 rings (SSSR count). The monoisotopic (exact) mass is 373 g/mol. The summed E-state index contributed by atoms with van der Waals surface area (Å²) >= 11 is 7.92. The van der Waals surface area contributed by atoms with Gasteiger partial charge in [0.1, 0.15) is 11.5 Å². The molecule has 0 aliphatic heterocycles. The van der Waals surface area contributed by atoms with E-state index in [1.165, 1.54) is 6.08 Å². The van der Waals surface area contributed by atoms with Crippen molar-refractivity contribution in [2.45, 2.75) is 0 Å². The van der Waals surface area contributed by atoms with Crippen molar-refractivity contribution in [3.05, 3.63) is 58.4 Å². The number of carbonyl (C=O) groups excluding carboxylic acids is 1. The summed E-state index contributed by atoms with van der Waals surface area (Å²) in [7, 11) is 3.12. The van der Waals surface area contributed by atoms with Crippen LogP contribution in [-0.4, -0.2) is 20.1 Å². The number of rotatable bonds is 5. The van der Waals surface area contributed by atoms with E-state index in [9.17, 15) is 4.79 Å². The highest BCUT2D eigenvalue weighted by atomic mass is 35.5. The number of hydrogen-bond acceptors (Lipinski definition) is 4. The highest BCUT2D eigenvalue weighted by Gasteiger charge is 2.08. The van der Waals surface area contributed by atoms with Gasteiger partial charge in [-0.3, -0.25) is 4.79 Å². The Hall–Kier alpha value is -2.50. The van der Waals surface area contributed by atoms with Gasteiger partial charge in [0, 0.05) is 44.9 Å². The number of methoxy groups -OCH3 is 2. The summed E-state index contributed by atoms with van der Waals surface area (Å²) in [5.41, 5.74) is 0.591. The van der Waals surface area contributed by atoms with Crippen LogP contribution in [0.1, 0.15) is 4.88 Å². The van der Waals surface area contributed by atoms with Crippen LogP contribution in [0.3, 0.4) is 0 Å². The number of hydrogen-bond donors (Lipinski definition) is 1. The topological polar surface area (TPSA) is 47.6 Å². The molecule has 0 bridgehead atoms. The van der Waals surface area contributed by atoms with E-state index in [0.717, 1.165) is 15.0 Å². The maximum Gasteiger partial charge on any atom is 0.248 e. The lowest BCUT2D eigenvalue weighted by molar-refractivity contribution is -0.111. The third kappa shape index (κ3) is 3.95. The Morgan fingerprint density at radius 1 is 1.12 bits per heavy atom. The van der Waals surface area contributed by atoms with Crippen LogP contribution in [0.15, 0.2) is 48.5 Å². The Balaban J connectivity index is 1.77. The molecule has 1 aromatic heterocycles. The Labute approximate surface area is 154 Å². The predicted molar refractivity (Wildman–Crippen MR) is 104 cm³/mol. The predicted octanol–water partition coefficient (Wildman–Crippen LogP) is 5.22. The normalized spacial score (nSPS) is 11.0. The van der Waals surface area contributed by atoms with Crippen molar-refractivity contribution in [2.75, 3.05) is 19.5 Å². The second-order valence-electron chi connectivity index (χ2n) is 5.20. The number of thiophene rings is 1. The Kier molecular flexibility index (Phi) is 5.26. The van der Waals surface area contributed by atoms with Gasteiger partial charge >= 0.3 is 0 Å². The van der Waals surface area contributed by atoms with E-state index in [1.807, 2.05) is 24.3 Å². The average molecular weight is 374 g/mol. The average Bonchev–Trinajstić information content (AvgIpc) is 2.96. The molecule has 1 heterocycles. The van der Waals surface area contributed by atoms with Crippen LogP contribution in [-0.2, 0) is 4.79 Å². The zero-order chi connectivity index (χ0) is 17.8. The Morgan fingerprint density at radius 2 is 1.80 bits per heavy atom. The second-order valence-corrected chi connectivity index (χ2v) is 6.66. The number of ether oxygens (including phenoxy) is 2. The lowest BCUT2D eigenvalue weighted by atomic mass is 10.2. The second kappa shape index (κ2) is 7.59. The van der Waals surface area contributed by atoms with E-state index >= 15 is 0 Å². The fraction of sp³-hybridized carbons (Fsp3) is 0.105. The van der Waals surface area contributed by atoms with Gasteiger partial charge in [0.05, 0.1) is 19.2 Å². The third-order valence-electron chi connectivity index (χ3n) is 3.56. The molecule has 1 N–H and O–H groups in total. The fourth-order valence-corrected chi connectivity index (χ4v) is 3.75. The molecular formula is C19H16ClNO3S. The van der Waals surface area contributed by atoms with Gasteiger partial charge in [-0.1, -0.05) is 29.8 Å². The summed E-state index contributed by atoms with van der Waals surface area (Å²) in [5, 5.41) is 4.44. The molecule has 0 saturated carbocycles. The number of amides is 1. The zero-order valence-corrected chi connectivity index (χ0v) is 15.3. The molecule has 1 amide bonds. The van der Waals surface area contributed by atoms with Crippen molar-refractivity contribution < 1.29 is 14.3 Å². The summed E-state index contributed by atoms with van der Waals surface area (Å²) in [6, 6.07) is 13.1. The molecule has 25 heavy (non-hydrogen) atoms. The number of anilines is 1. The summed E-state index contributed by atoms with van der Waals surface area (Å²) in [6.45, 7) is 0. The third-order valence-corrected chi connectivity index (χ3v) is 5.22. The summed E-state index contributed by atoms with van der Waals surface area (Å²) in [6.07, 6.45) is 3.18. The van der Waals surface area contributed by atoms with Gasteiger partial charge in [0.25, 0.3) is 0 Å². The molecule has 0 atom stereocenters. The van der Waals surface area contributed by atoms with Crippen molar-refractivity contribution >= 4 is 50.7 Å². The van der Waals surface area contributed by atoms with Crippen molar-refractivity contribution in [1.82, 2.24) is 0 Å². The molecule has 3 aromatic rings. The summed E-state index contributed by atoms with van der Waals surface area (Å²) in [5.74, 6) is 0.946. The number of benzene rings is 2. The molecule has 0 spiro atoms. The first kappa shape index (κ1) is 17.3. The lowest BCUT2D eigenvalue weighted by Crippen LogP contribution is -2.08. The van der Waals surface area contributed by atoms with Crippen molar-refractivity contribution in [2.24, 2.45) is 0 Å². The van der Waals surface area contributed by atoms with Gasteiger partial charge in [0.15, 0.2) is 0 Å². The molecule has 2 aromatic carbocycles. The maximum atomic E-state index is 12.2. The summed E-state index contributed by atoms with van der Waals surface area (Å²) < 4.78 is 11.5. The SMILES string of the molecule is COc1cc(NC(=O)/C=C/c2sc3ccccc3c2Cl)cc(OC)c1. The minimum atomic E-state index is -0.260. The van der Waals surface area contributed by atoms with Crippen LogP contribution in [0.25, 0.3) is 16.2 Å². The first-order valence-electron chi connectivity index (χ1n) is 7.50. The molecule has 0 radical (unpaired) electrons. The first-order chi connectivity index (χ1) is 12.1. The molecule has 0 unspecified atom stereocenters. The van der Waals surface area contributed by atoms with E-state index in [0.29, 0.717) is 22.2 Å². The maximum absolute atomic E-state index is 12.2. The van der Waals surface area contributed by atoms with Crippen molar-refractivity contribution in [1.29, 1.82) is 0 Å². The van der Waals surface area contributed by atoms with E-state index in [-0.39, 0.29) is 5.91 Å².